The van der Waals surface area contributed by atoms with Gasteiger partial charge in [-0.15, -0.1) is 0 Å². The summed E-state index contributed by atoms with van der Waals surface area (Å²) in [7, 11) is -4.67. The molecule has 30 atom stereocenters. The lowest BCUT2D eigenvalue weighted by atomic mass is 9.49. The number of fused-ring (bicyclic) bond motifs is 10. The average molecular weight is 1090 g/mol. The Kier molecular flexibility index (Phi) is 12.2. The maximum atomic E-state index is 12.5. The first kappa shape index (κ1) is 54.8. The van der Waals surface area contributed by atoms with Crippen LogP contribution in [0.5, 0.6) is 0 Å². The molecule has 14 rings (SSSR count). The normalized spacial score (nSPS) is 63.7. The highest BCUT2D eigenvalue weighted by Crippen LogP contribution is 2.79. The Morgan fingerprint density at radius 2 is 0.813 bits per heavy atom. The molecule has 8 bridgehead atoms. The highest BCUT2D eigenvalue weighted by molar-refractivity contribution is 7.79. The van der Waals surface area contributed by atoms with Crippen LogP contribution in [0.15, 0.2) is 0 Å². The molecule has 8 aliphatic carbocycles. The minimum Gasteiger partial charge on any atom is -0.390 e. The van der Waals surface area contributed by atoms with Gasteiger partial charge in [0.15, 0.2) is 11.6 Å². The second-order valence-electron chi connectivity index (χ2n) is 28.6. The van der Waals surface area contributed by atoms with Crippen LogP contribution in [0.2, 0.25) is 0 Å². The number of aliphatic hydroxyl groups is 12. The molecule has 8 saturated carbocycles. The Morgan fingerprint density at radius 1 is 0.480 bits per heavy atom. The van der Waals surface area contributed by atoms with E-state index in [9.17, 15) is 61.3 Å². The number of rotatable bonds is 0. The Balaban J connectivity index is 0.000000139. The standard InChI is InChI=1S/2C27H43NO7.H2O4S/c2*1-13-4-7-18-24(3,32)20-14(12-28(18)11-13)15-10-25-17(26(15,33)22(31)21(20)30)6-5-16-23(25,2)9-8-19(29)27(16,34)35-25;1-5(2,3)4/h2*13-22,29-34H,4-12H2,1-3H3;(H2,1,2,3,4)/t2*13-,14-,15-,16-,17+,18-,19-,20+,21+,22-,23-,24+,25+,26-,27-;/m00./s1. The first-order valence-electron chi connectivity index (χ1n) is 28.7. The van der Waals surface area contributed by atoms with Crippen molar-refractivity contribution in [2.45, 2.75) is 225 Å². The molecule has 0 amide bonds. The third-order valence-corrected chi connectivity index (χ3v) is 25.7. The van der Waals surface area contributed by atoms with E-state index in [1.807, 2.05) is 13.8 Å². The van der Waals surface area contributed by atoms with Crippen molar-refractivity contribution in [3.63, 3.8) is 0 Å². The molecule has 14 fully saturated rings. The molecule has 0 aromatic carbocycles. The van der Waals surface area contributed by atoms with Gasteiger partial charge < -0.3 is 70.8 Å². The van der Waals surface area contributed by atoms with Crippen LogP contribution in [0.4, 0.5) is 0 Å². The summed E-state index contributed by atoms with van der Waals surface area (Å²) < 4.78 is 44.8. The van der Waals surface area contributed by atoms with Crippen LogP contribution < -0.4 is 0 Å². The predicted octanol–water partition coefficient (Wildman–Crippen LogP) is -0.223. The molecule has 6 saturated heterocycles. The molecule has 6 aliphatic heterocycles. The molecule has 0 radical (unpaired) electrons. The van der Waals surface area contributed by atoms with E-state index in [1.54, 1.807) is 0 Å². The van der Waals surface area contributed by atoms with E-state index in [1.165, 1.54) is 0 Å². The van der Waals surface area contributed by atoms with Crippen molar-refractivity contribution in [3.05, 3.63) is 0 Å². The van der Waals surface area contributed by atoms with E-state index in [4.69, 9.17) is 27.0 Å². The molecule has 20 nitrogen and oxygen atoms in total. The Morgan fingerprint density at radius 3 is 1.16 bits per heavy atom. The van der Waals surface area contributed by atoms with Crippen molar-refractivity contribution in [2.75, 3.05) is 26.2 Å². The molecule has 6 heterocycles. The van der Waals surface area contributed by atoms with Gasteiger partial charge in [-0.25, -0.2) is 0 Å². The molecule has 0 unspecified atom stereocenters. The van der Waals surface area contributed by atoms with Crippen molar-refractivity contribution in [1.29, 1.82) is 0 Å². The molecule has 75 heavy (non-hydrogen) atoms. The minimum atomic E-state index is -4.67. The summed E-state index contributed by atoms with van der Waals surface area (Å²) in [6.45, 7) is 15.5. The average Bonchev–Trinajstić information content (AvgIpc) is 3.96. The van der Waals surface area contributed by atoms with Gasteiger partial charge in [0, 0.05) is 84.6 Å². The van der Waals surface area contributed by atoms with Crippen LogP contribution in [0.1, 0.15) is 131 Å². The molecule has 0 aromatic rings. The first-order chi connectivity index (χ1) is 34.6. The second kappa shape index (κ2) is 16.7. The van der Waals surface area contributed by atoms with Gasteiger partial charge in [0.1, 0.15) is 35.6 Å². The van der Waals surface area contributed by atoms with Crippen molar-refractivity contribution < 1.29 is 88.3 Å². The zero-order valence-corrected chi connectivity index (χ0v) is 45.3. The molecule has 0 aromatic heterocycles. The smallest absolute Gasteiger partial charge is 0.390 e. The quantitative estimate of drug-likeness (QED) is 0.139. The van der Waals surface area contributed by atoms with Crippen LogP contribution in [0.3, 0.4) is 0 Å². The number of nitrogens with zero attached hydrogens (tertiary/aromatic N) is 2. The maximum absolute atomic E-state index is 12.5. The van der Waals surface area contributed by atoms with Crippen molar-refractivity contribution in [1.82, 2.24) is 9.80 Å². The van der Waals surface area contributed by atoms with Gasteiger partial charge in [0.2, 0.25) is 0 Å². The molecule has 14 aliphatic rings. The summed E-state index contributed by atoms with van der Waals surface area (Å²) >= 11 is 0. The van der Waals surface area contributed by atoms with Crippen LogP contribution in [0.25, 0.3) is 0 Å². The summed E-state index contributed by atoms with van der Waals surface area (Å²) in [4.78, 5) is 4.71. The monoisotopic (exact) mass is 1080 g/mol. The van der Waals surface area contributed by atoms with Crippen LogP contribution in [0, 0.1) is 81.8 Å². The van der Waals surface area contributed by atoms with Crippen LogP contribution in [-0.4, -0.2) is 209 Å². The molecule has 21 heteroatoms. The van der Waals surface area contributed by atoms with Gasteiger partial charge in [0.25, 0.3) is 0 Å². The molecule has 2 spiro atoms. The van der Waals surface area contributed by atoms with E-state index in [-0.39, 0.29) is 47.6 Å². The van der Waals surface area contributed by atoms with Crippen molar-refractivity contribution in [3.8, 4) is 0 Å². The fraction of sp³-hybridized carbons (Fsp3) is 1.00. The summed E-state index contributed by atoms with van der Waals surface area (Å²) in [6, 6.07) is -0.149. The lowest BCUT2D eigenvalue weighted by Crippen LogP contribution is -2.76. The van der Waals surface area contributed by atoms with Crippen molar-refractivity contribution >= 4 is 10.4 Å². The second-order valence-corrected chi connectivity index (χ2v) is 29.5. The van der Waals surface area contributed by atoms with Gasteiger partial charge in [-0.3, -0.25) is 18.9 Å². The van der Waals surface area contributed by atoms with E-state index >= 15 is 0 Å². The summed E-state index contributed by atoms with van der Waals surface area (Å²) in [5.74, 6) is -5.85. The molecular formula is C54H88N2O18S. The SMILES string of the molecule is C[C@H]1CC[C@@H]2N(C1)C[C@@H]1[C@H]([C@@H](O)[C@H](O)[C@]3(O)[C@H]1C[C@@]14O[C@@]5(O)[C@@H](CC[C@@H]31)[C@]4(C)CC[C@@H]5O)[C@]2(C)O.C[C@H]1CC[C@@H]2N(C1)C[C@@H]1[C@H]([C@@H](O)[C@H](O)[C@]3(O)[C@H]1C[C@@]14O[C@@]5(O)[C@@H](CC[C@@H]31)[C@]4(C)CC[C@@H]5O)[C@]2(C)O.O=S(=O)(O)O. The molecular weight excluding hydrogens is 997 g/mol. The maximum Gasteiger partial charge on any atom is 0.394 e. The van der Waals surface area contributed by atoms with Gasteiger partial charge in [-0.05, 0) is 139 Å². The number of piperidine rings is 4. The van der Waals surface area contributed by atoms with E-state index < -0.39 is 127 Å². The fourth-order valence-electron chi connectivity index (χ4n) is 22.8. The van der Waals surface area contributed by atoms with Crippen LogP contribution in [-0.2, 0) is 19.9 Å². The summed E-state index contributed by atoms with van der Waals surface area (Å²) in [5.41, 5.74) is -8.15. The lowest BCUT2D eigenvalue weighted by molar-refractivity contribution is -0.291. The Bertz CT molecular complexity index is 2250. The first-order valence-corrected chi connectivity index (χ1v) is 30.0. The lowest BCUT2D eigenvalue weighted by Gasteiger charge is -2.63. The fourth-order valence-corrected chi connectivity index (χ4v) is 22.8. The van der Waals surface area contributed by atoms with Crippen molar-refractivity contribution in [2.24, 2.45) is 81.8 Å². The zero-order chi connectivity index (χ0) is 54.3. The number of aliphatic hydroxyl groups excluding tert-OH is 6. The summed E-state index contributed by atoms with van der Waals surface area (Å²) in [6.07, 6.45) is 2.10. The Hall–Kier alpha value is -0.770. The van der Waals surface area contributed by atoms with E-state index in [0.717, 1.165) is 38.8 Å². The largest absolute Gasteiger partial charge is 0.394 e. The Labute approximate surface area is 440 Å². The number of ether oxygens (including phenoxy) is 2. The summed E-state index contributed by atoms with van der Waals surface area (Å²) in [5, 5.41) is 140. The number of hydrogen-bond acceptors (Lipinski definition) is 18. The molecule has 14 N–H and O–H groups in total. The molecule has 428 valence electrons. The third kappa shape index (κ3) is 6.71. The van der Waals surface area contributed by atoms with E-state index in [2.05, 4.69) is 37.5 Å². The van der Waals surface area contributed by atoms with E-state index in [0.29, 0.717) is 89.1 Å². The van der Waals surface area contributed by atoms with Crippen LogP contribution >= 0.6 is 0 Å². The van der Waals surface area contributed by atoms with Gasteiger partial charge in [-0.1, -0.05) is 27.7 Å². The third-order valence-electron chi connectivity index (χ3n) is 25.7. The highest BCUT2D eigenvalue weighted by Gasteiger charge is 2.87. The number of hydrogen-bond donors (Lipinski definition) is 14. The predicted molar refractivity (Wildman–Crippen MR) is 264 cm³/mol. The zero-order valence-electron chi connectivity index (χ0n) is 44.5. The van der Waals surface area contributed by atoms with Gasteiger partial charge in [-0.2, -0.15) is 8.42 Å². The van der Waals surface area contributed by atoms with Gasteiger partial charge in [0.05, 0.1) is 34.6 Å². The van der Waals surface area contributed by atoms with Gasteiger partial charge >= 0.3 is 10.4 Å². The topological polar surface area (TPSA) is 342 Å². The minimum absolute atomic E-state index is 0.0745. The highest BCUT2D eigenvalue weighted by atomic mass is 32.3.